The average Bonchev–Trinajstić information content (AvgIpc) is 3.00. The van der Waals surface area contributed by atoms with Gasteiger partial charge in [0.1, 0.15) is 5.52 Å². The molecule has 0 saturated heterocycles. The standard InChI is InChI=1S/C24H24N3/c1-5-16-7-9-18-20(13-16)27-21-14-17(6-2)8-10-19(21)26(4)24(27)22-15(3)11-12-25-23(18)22/h7-14H,5-6H2,1-4H3/q+1. The van der Waals surface area contributed by atoms with Crippen LogP contribution in [0.3, 0.4) is 0 Å². The molecule has 0 bridgehead atoms. The summed E-state index contributed by atoms with van der Waals surface area (Å²) in [4.78, 5) is 4.79. The highest BCUT2D eigenvalue weighted by Crippen LogP contribution is 2.32. The van der Waals surface area contributed by atoms with Crippen molar-refractivity contribution in [2.45, 2.75) is 33.6 Å². The van der Waals surface area contributed by atoms with E-state index in [1.165, 1.54) is 49.7 Å². The van der Waals surface area contributed by atoms with Gasteiger partial charge < -0.3 is 0 Å². The van der Waals surface area contributed by atoms with E-state index in [9.17, 15) is 0 Å². The third-order valence-electron chi connectivity index (χ3n) is 5.93. The number of aromatic nitrogens is 3. The van der Waals surface area contributed by atoms with Crippen LogP contribution in [0.1, 0.15) is 30.5 Å². The predicted octanol–water partition coefficient (Wildman–Crippen LogP) is 5.05. The van der Waals surface area contributed by atoms with Crippen molar-refractivity contribution in [3.05, 3.63) is 65.4 Å². The second-order valence-corrected chi connectivity index (χ2v) is 7.45. The number of rotatable bonds is 2. The number of imidazole rings is 1. The molecule has 3 nitrogen and oxygen atoms in total. The normalized spacial score (nSPS) is 12.0. The van der Waals surface area contributed by atoms with Crippen molar-refractivity contribution >= 4 is 38.5 Å². The van der Waals surface area contributed by atoms with Crippen LogP contribution in [0.5, 0.6) is 0 Å². The van der Waals surface area contributed by atoms with Crippen molar-refractivity contribution in [2.24, 2.45) is 7.05 Å². The second kappa shape index (κ2) is 5.78. The monoisotopic (exact) mass is 354 g/mol. The lowest BCUT2D eigenvalue weighted by Gasteiger charge is -2.07. The summed E-state index contributed by atoms with van der Waals surface area (Å²) in [6, 6.07) is 15.8. The molecule has 2 aromatic carbocycles. The van der Waals surface area contributed by atoms with Gasteiger partial charge in [0.2, 0.25) is 0 Å². The first-order valence-electron chi connectivity index (χ1n) is 9.77. The number of pyridine rings is 2. The van der Waals surface area contributed by atoms with E-state index in [0.717, 1.165) is 18.4 Å². The first-order valence-corrected chi connectivity index (χ1v) is 9.77. The molecular formula is C24H24N3+. The average molecular weight is 354 g/mol. The number of nitrogens with zero attached hydrogens (tertiary/aromatic N) is 3. The molecule has 0 fully saturated rings. The zero-order valence-corrected chi connectivity index (χ0v) is 16.4. The van der Waals surface area contributed by atoms with Crippen LogP contribution in [-0.4, -0.2) is 9.38 Å². The molecule has 0 unspecified atom stereocenters. The quantitative estimate of drug-likeness (QED) is 0.321. The molecule has 3 aromatic heterocycles. The van der Waals surface area contributed by atoms with Gasteiger partial charge in [-0.2, -0.15) is 4.40 Å². The zero-order valence-electron chi connectivity index (χ0n) is 16.4. The molecule has 0 radical (unpaired) electrons. The Hall–Kier alpha value is -2.94. The van der Waals surface area contributed by atoms with E-state index in [1.54, 1.807) is 0 Å². The van der Waals surface area contributed by atoms with Crippen LogP contribution < -0.4 is 4.57 Å². The summed E-state index contributed by atoms with van der Waals surface area (Å²) in [5.74, 6) is 0. The molecule has 3 heteroatoms. The van der Waals surface area contributed by atoms with Gasteiger partial charge in [-0.1, -0.05) is 26.0 Å². The zero-order chi connectivity index (χ0) is 18.7. The highest BCUT2D eigenvalue weighted by Gasteiger charge is 2.25. The third-order valence-corrected chi connectivity index (χ3v) is 5.93. The van der Waals surface area contributed by atoms with Gasteiger partial charge in [0.25, 0.3) is 5.65 Å². The second-order valence-electron chi connectivity index (χ2n) is 7.45. The maximum Gasteiger partial charge on any atom is 0.297 e. The largest absolute Gasteiger partial charge is 0.297 e. The predicted molar refractivity (Wildman–Crippen MR) is 112 cm³/mol. The van der Waals surface area contributed by atoms with Crippen LogP contribution in [-0.2, 0) is 19.9 Å². The van der Waals surface area contributed by atoms with Crippen LogP contribution in [0.2, 0.25) is 0 Å². The van der Waals surface area contributed by atoms with Gasteiger partial charge in [-0.3, -0.25) is 4.98 Å². The summed E-state index contributed by atoms with van der Waals surface area (Å²) in [7, 11) is 2.17. The Labute approximate surface area is 158 Å². The highest BCUT2D eigenvalue weighted by atomic mass is 15.1. The SMILES string of the molecule is CCc1ccc2c3nccc(C)c3c3n(c2c1)c1cc(CC)ccc1[n+]3C. The molecule has 134 valence electrons. The first-order chi connectivity index (χ1) is 13.1. The minimum Gasteiger partial charge on any atom is -0.255 e. The lowest BCUT2D eigenvalue weighted by Crippen LogP contribution is -2.27. The Morgan fingerprint density at radius 3 is 2.37 bits per heavy atom. The molecule has 5 aromatic rings. The van der Waals surface area contributed by atoms with Crippen LogP contribution >= 0.6 is 0 Å². The summed E-state index contributed by atoms with van der Waals surface area (Å²) in [6.45, 7) is 6.61. The smallest absolute Gasteiger partial charge is 0.255 e. The fourth-order valence-electron chi connectivity index (χ4n) is 4.38. The third kappa shape index (κ3) is 2.14. The molecule has 0 N–H and O–H groups in total. The summed E-state index contributed by atoms with van der Waals surface area (Å²) < 4.78 is 4.77. The molecule has 0 spiro atoms. The van der Waals surface area contributed by atoms with Crippen LogP contribution in [0.25, 0.3) is 38.5 Å². The van der Waals surface area contributed by atoms with E-state index in [2.05, 4.69) is 79.3 Å². The topological polar surface area (TPSA) is 21.2 Å². The van der Waals surface area contributed by atoms with E-state index in [1.807, 2.05) is 6.20 Å². The first kappa shape index (κ1) is 16.2. The molecule has 0 atom stereocenters. The molecule has 0 aliphatic heterocycles. The highest BCUT2D eigenvalue weighted by molar-refractivity contribution is 6.11. The van der Waals surface area contributed by atoms with Crippen molar-refractivity contribution in [1.82, 2.24) is 9.38 Å². The van der Waals surface area contributed by atoms with Gasteiger partial charge >= 0.3 is 0 Å². The molecule has 0 amide bonds. The summed E-state index contributed by atoms with van der Waals surface area (Å²) in [5.41, 5.74) is 10.1. The maximum absolute atomic E-state index is 4.79. The van der Waals surface area contributed by atoms with E-state index >= 15 is 0 Å². The number of hydrogen-bond acceptors (Lipinski definition) is 1. The van der Waals surface area contributed by atoms with Gasteiger partial charge in [-0.15, -0.1) is 0 Å². The van der Waals surface area contributed by atoms with E-state index in [4.69, 9.17) is 4.98 Å². The van der Waals surface area contributed by atoms with Crippen molar-refractivity contribution in [3.63, 3.8) is 0 Å². The number of benzene rings is 2. The van der Waals surface area contributed by atoms with E-state index in [0.29, 0.717) is 0 Å². The summed E-state index contributed by atoms with van der Waals surface area (Å²) in [6.07, 6.45) is 4.00. The Balaban J connectivity index is 2.18. The van der Waals surface area contributed by atoms with E-state index < -0.39 is 0 Å². The Bertz CT molecular complexity index is 1360. The van der Waals surface area contributed by atoms with Crippen molar-refractivity contribution in [1.29, 1.82) is 0 Å². The van der Waals surface area contributed by atoms with Gasteiger partial charge in [0, 0.05) is 11.6 Å². The van der Waals surface area contributed by atoms with Crippen molar-refractivity contribution in [2.75, 3.05) is 0 Å². The molecule has 5 rings (SSSR count). The van der Waals surface area contributed by atoms with Crippen molar-refractivity contribution < 1.29 is 4.57 Å². The number of fused-ring (bicyclic) bond motifs is 8. The molecule has 3 heterocycles. The molecule has 0 saturated carbocycles. The van der Waals surface area contributed by atoms with E-state index in [-0.39, 0.29) is 0 Å². The van der Waals surface area contributed by atoms with Crippen LogP contribution in [0.4, 0.5) is 0 Å². The van der Waals surface area contributed by atoms with Crippen molar-refractivity contribution in [3.8, 4) is 0 Å². The van der Waals surface area contributed by atoms with Gasteiger partial charge in [0.15, 0.2) is 11.0 Å². The van der Waals surface area contributed by atoms with Gasteiger partial charge in [-0.05, 0) is 66.8 Å². The molecule has 0 aliphatic carbocycles. The lowest BCUT2D eigenvalue weighted by atomic mass is 10.0. The van der Waals surface area contributed by atoms with Crippen LogP contribution in [0, 0.1) is 6.92 Å². The molecule has 27 heavy (non-hydrogen) atoms. The van der Waals surface area contributed by atoms with Gasteiger partial charge in [-0.25, -0.2) is 4.57 Å². The Morgan fingerprint density at radius 2 is 1.63 bits per heavy atom. The summed E-state index contributed by atoms with van der Waals surface area (Å²) >= 11 is 0. The number of aryl methyl sites for hydroxylation is 4. The fourth-order valence-corrected chi connectivity index (χ4v) is 4.38. The maximum atomic E-state index is 4.79. The minimum absolute atomic E-state index is 1.03. The summed E-state index contributed by atoms with van der Waals surface area (Å²) in [5, 5.41) is 2.46. The minimum atomic E-state index is 1.03. The molecular weight excluding hydrogens is 330 g/mol. The lowest BCUT2D eigenvalue weighted by molar-refractivity contribution is -0.617. The van der Waals surface area contributed by atoms with Gasteiger partial charge in [0.05, 0.1) is 18.0 Å². The Morgan fingerprint density at radius 1 is 0.926 bits per heavy atom. The Kier molecular flexibility index (Phi) is 3.48. The fraction of sp³-hybridized carbons (Fsp3) is 0.250. The van der Waals surface area contributed by atoms with Crippen LogP contribution in [0.15, 0.2) is 48.7 Å². The molecule has 0 aliphatic rings. The number of hydrogen-bond donors (Lipinski definition) is 0.